The number of pyridine rings is 3. The van der Waals surface area contributed by atoms with Gasteiger partial charge in [-0.25, -0.2) is 4.98 Å². The first-order valence-electron chi connectivity index (χ1n) is 11.3. The normalized spacial score (nSPS) is 19.6. The Balaban J connectivity index is 1.30. The summed E-state index contributed by atoms with van der Waals surface area (Å²) >= 11 is 0. The van der Waals surface area contributed by atoms with Gasteiger partial charge in [-0.3, -0.25) is 19.4 Å². The Morgan fingerprint density at radius 2 is 1.97 bits per heavy atom. The van der Waals surface area contributed by atoms with Gasteiger partial charge >= 0.3 is 0 Å². The number of aromatic nitrogens is 3. The van der Waals surface area contributed by atoms with Crippen molar-refractivity contribution >= 4 is 28.5 Å². The molecule has 9 nitrogen and oxygen atoms in total. The summed E-state index contributed by atoms with van der Waals surface area (Å²) in [5.74, 6) is 0.0128. The number of hydrogen-bond donors (Lipinski definition) is 3. The van der Waals surface area contributed by atoms with Crippen molar-refractivity contribution in [3.8, 4) is 0 Å². The highest BCUT2D eigenvalue weighted by Gasteiger charge is 2.46. The van der Waals surface area contributed by atoms with Gasteiger partial charge in [0.1, 0.15) is 17.0 Å². The van der Waals surface area contributed by atoms with Crippen LogP contribution < -0.4 is 16.6 Å². The van der Waals surface area contributed by atoms with Crippen molar-refractivity contribution in [2.24, 2.45) is 5.41 Å². The number of nitrogens with zero attached hydrogens (tertiary/aromatic N) is 3. The summed E-state index contributed by atoms with van der Waals surface area (Å²) in [6.45, 7) is 1.24. The molecule has 0 radical (unpaired) electrons. The fraction of sp³-hybridized carbons (Fsp3) is 0.375. The Hall–Kier alpha value is -3.75. The molecule has 2 aliphatic rings. The predicted octanol–water partition coefficient (Wildman–Crippen LogP) is 2.11. The topological polar surface area (TPSA) is 134 Å². The molecule has 3 aromatic rings. The lowest BCUT2D eigenvalue weighted by atomic mass is 9.74. The molecule has 0 bridgehead atoms. The molecule has 1 aliphatic heterocycles. The van der Waals surface area contributed by atoms with Gasteiger partial charge in [0.25, 0.3) is 17.4 Å². The SMILES string of the molecule is Nc1cccc(C(=O)N2CCC3(CCCC3NC(=O)c3c[nH]c(=O)c4ncccc34)CC2)n1. The van der Waals surface area contributed by atoms with Crippen LogP contribution >= 0.6 is 0 Å². The summed E-state index contributed by atoms with van der Waals surface area (Å²) in [5.41, 5.74) is 6.42. The highest BCUT2D eigenvalue weighted by Crippen LogP contribution is 2.46. The second-order valence-electron chi connectivity index (χ2n) is 8.95. The van der Waals surface area contributed by atoms with Crippen LogP contribution in [0.3, 0.4) is 0 Å². The van der Waals surface area contributed by atoms with Crippen LogP contribution in [0, 0.1) is 5.41 Å². The Morgan fingerprint density at radius 3 is 2.76 bits per heavy atom. The minimum Gasteiger partial charge on any atom is -0.384 e. The van der Waals surface area contributed by atoms with Gasteiger partial charge in [-0.15, -0.1) is 0 Å². The number of piperidine rings is 1. The number of likely N-dealkylation sites (tertiary alicyclic amines) is 1. The van der Waals surface area contributed by atoms with Gasteiger partial charge in [-0.2, -0.15) is 0 Å². The average Bonchev–Trinajstić information content (AvgIpc) is 3.20. The fourth-order valence-electron chi connectivity index (χ4n) is 5.36. The molecule has 1 aliphatic carbocycles. The first kappa shape index (κ1) is 21.1. The summed E-state index contributed by atoms with van der Waals surface area (Å²) in [6.07, 6.45) is 7.59. The summed E-state index contributed by atoms with van der Waals surface area (Å²) < 4.78 is 0. The van der Waals surface area contributed by atoms with Crippen molar-refractivity contribution in [2.75, 3.05) is 18.8 Å². The number of fused-ring (bicyclic) bond motifs is 1. The van der Waals surface area contributed by atoms with Crippen molar-refractivity contribution in [1.82, 2.24) is 25.2 Å². The Morgan fingerprint density at radius 1 is 1.15 bits per heavy atom. The van der Waals surface area contributed by atoms with E-state index in [1.807, 2.05) is 4.90 Å². The monoisotopic (exact) mass is 446 g/mol. The maximum atomic E-state index is 13.2. The average molecular weight is 447 g/mol. The molecule has 1 atom stereocenters. The lowest BCUT2D eigenvalue weighted by Crippen LogP contribution is -2.51. The number of amides is 2. The van der Waals surface area contributed by atoms with Crippen molar-refractivity contribution in [1.29, 1.82) is 0 Å². The minimum atomic E-state index is -0.314. The maximum Gasteiger partial charge on any atom is 0.274 e. The van der Waals surface area contributed by atoms with E-state index in [1.165, 1.54) is 6.20 Å². The fourth-order valence-corrected chi connectivity index (χ4v) is 5.36. The van der Waals surface area contributed by atoms with Crippen molar-refractivity contribution in [2.45, 2.75) is 38.1 Å². The molecule has 1 saturated carbocycles. The number of anilines is 1. The number of nitrogens with one attached hydrogen (secondary N) is 2. The number of rotatable bonds is 3. The van der Waals surface area contributed by atoms with Gasteiger partial charge in [-0.1, -0.05) is 18.6 Å². The molecular formula is C24H26N6O3. The van der Waals surface area contributed by atoms with E-state index in [0.29, 0.717) is 35.6 Å². The third-order valence-corrected chi connectivity index (χ3v) is 7.15. The molecule has 3 aromatic heterocycles. The standard InChI is InChI=1S/C24H26N6O3/c25-19-7-1-5-17(28-19)23(33)30-12-9-24(10-13-30)8-2-6-18(24)29-21(31)16-14-27-22(32)20-15(16)4-3-11-26-20/h1,3-5,7,11,14,18H,2,6,8-10,12-13H2,(H2,25,28)(H,27,32)(H,29,31). The highest BCUT2D eigenvalue weighted by atomic mass is 16.2. The Kier molecular flexibility index (Phi) is 5.32. The quantitative estimate of drug-likeness (QED) is 0.564. The van der Waals surface area contributed by atoms with Crippen LogP contribution in [0.2, 0.25) is 0 Å². The van der Waals surface area contributed by atoms with Crippen LogP contribution in [-0.4, -0.2) is 50.8 Å². The van der Waals surface area contributed by atoms with Gasteiger partial charge in [0.05, 0.1) is 5.56 Å². The molecular weight excluding hydrogens is 420 g/mol. The number of H-pyrrole nitrogens is 1. The number of carbonyl (C=O) groups excluding carboxylic acids is 2. The molecule has 2 amide bonds. The first-order chi connectivity index (χ1) is 16.0. The van der Waals surface area contributed by atoms with Crippen LogP contribution in [0.15, 0.2) is 47.5 Å². The van der Waals surface area contributed by atoms with Crippen LogP contribution in [0.5, 0.6) is 0 Å². The van der Waals surface area contributed by atoms with Crippen LogP contribution in [0.1, 0.15) is 53.0 Å². The summed E-state index contributed by atoms with van der Waals surface area (Å²) in [7, 11) is 0. The highest BCUT2D eigenvalue weighted by molar-refractivity contribution is 6.05. The number of carbonyl (C=O) groups is 2. The van der Waals surface area contributed by atoms with Crippen molar-refractivity contribution in [3.05, 3.63) is 64.3 Å². The van der Waals surface area contributed by atoms with E-state index in [4.69, 9.17) is 5.73 Å². The number of hydrogen-bond acceptors (Lipinski definition) is 6. The molecule has 170 valence electrons. The number of aromatic amines is 1. The van der Waals surface area contributed by atoms with Gasteiger partial charge in [0.2, 0.25) is 0 Å². The van der Waals surface area contributed by atoms with E-state index in [9.17, 15) is 14.4 Å². The zero-order chi connectivity index (χ0) is 23.0. The summed E-state index contributed by atoms with van der Waals surface area (Å²) in [4.78, 5) is 50.8. The van der Waals surface area contributed by atoms with Crippen molar-refractivity contribution in [3.63, 3.8) is 0 Å². The molecule has 5 rings (SSSR count). The molecule has 33 heavy (non-hydrogen) atoms. The molecule has 9 heteroatoms. The van der Waals surface area contributed by atoms with Gasteiger partial charge in [-0.05, 0) is 49.3 Å². The Labute approximate surface area is 190 Å². The molecule has 1 unspecified atom stereocenters. The molecule has 4 N–H and O–H groups in total. The van der Waals surface area contributed by atoms with Gasteiger partial charge in [0.15, 0.2) is 0 Å². The third kappa shape index (κ3) is 3.83. The van der Waals surface area contributed by atoms with Crippen LogP contribution in [0.25, 0.3) is 10.9 Å². The third-order valence-electron chi connectivity index (χ3n) is 7.15. The second kappa shape index (κ2) is 8.31. The first-order valence-corrected chi connectivity index (χ1v) is 11.3. The van der Waals surface area contributed by atoms with Crippen LogP contribution in [0.4, 0.5) is 5.82 Å². The van der Waals surface area contributed by atoms with Gasteiger partial charge in [0, 0.05) is 36.9 Å². The van der Waals surface area contributed by atoms with Crippen LogP contribution in [-0.2, 0) is 0 Å². The molecule has 4 heterocycles. The minimum absolute atomic E-state index is 0.0198. The summed E-state index contributed by atoms with van der Waals surface area (Å²) in [5, 5.41) is 3.77. The second-order valence-corrected chi connectivity index (χ2v) is 8.95. The van der Waals surface area contributed by atoms with E-state index in [-0.39, 0.29) is 34.3 Å². The zero-order valence-corrected chi connectivity index (χ0v) is 18.2. The molecule has 1 saturated heterocycles. The van der Waals surface area contributed by atoms with Gasteiger partial charge < -0.3 is 20.9 Å². The maximum absolute atomic E-state index is 13.2. The lowest BCUT2D eigenvalue weighted by molar-refractivity contribution is 0.0504. The molecule has 0 aromatic carbocycles. The van der Waals surface area contributed by atoms with Crippen molar-refractivity contribution < 1.29 is 9.59 Å². The molecule has 1 spiro atoms. The zero-order valence-electron chi connectivity index (χ0n) is 18.2. The lowest BCUT2D eigenvalue weighted by Gasteiger charge is -2.43. The summed E-state index contributed by atoms with van der Waals surface area (Å²) in [6, 6.07) is 8.56. The number of nitrogen functional groups attached to an aromatic ring is 1. The predicted molar refractivity (Wildman–Crippen MR) is 124 cm³/mol. The van der Waals surface area contributed by atoms with E-state index >= 15 is 0 Å². The van der Waals surface area contributed by atoms with E-state index < -0.39 is 0 Å². The van der Waals surface area contributed by atoms with E-state index in [0.717, 1.165) is 32.1 Å². The van der Waals surface area contributed by atoms with E-state index in [2.05, 4.69) is 20.3 Å². The smallest absolute Gasteiger partial charge is 0.274 e. The largest absolute Gasteiger partial charge is 0.384 e. The number of nitrogens with two attached hydrogens (primary N) is 1. The Bertz CT molecular complexity index is 1280. The molecule has 2 fully saturated rings. The van der Waals surface area contributed by atoms with E-state index in [1.54, 1.807) is 36.5 Å².